The van der Waals surface area contributed by atoms with Gasteiger partial charge in [-0.05, 0) is 29.0 Å². The van der Waals surface area contributed by atoms with Gasteiger partial charge in [-0.25, -0.2) is 0 Å². The van der Waals surface area contributed by atoms with Crippen molar-refractivity contribution in [3.8, 4) is 0 Å². The van der Waals surface area contributed by atoms with E-state index in [1.54, 1.807) is 11.8 Å². The predicted molar refractivity (Wildman–Crippen MR) is 76.6 cm³/mol. The Kier molecular flexibility index (Phi) is 3.32. The Morgan fingerprint density at radius 1 is 1.13 bits per heavy atom. The summed E-state index contributed by atoms with van der Waals surface area (Å²) in [4.78, 5) is 1.39. The third kappa shape index (κ3) is 2.24. The minimum atomic E-state index is 0.858. The maximum atomic E-state index is 5.65. The molecule has 0 aromatic carbocycles. The average molecular weight is 292 g/mol. The molecule has 0 radical (unpaired) electrons. The number of hydrogen-bond donors (Lipinski definition) is 0. The van der Waals surface area contributed by atoms with Crippen LogP contribution in [0.15, 0.2) is 28.1 Å². The standard InChI is InChI=1S/C9H8OS5/c1-5-4-12-8(13-5)9-14-6-7(15-9)11-3-2-10-6/h4H,2-3H2,1H3/b9-8+. The van der Waals surface area contributed by atoms with Crippen molar-refractivity contribution in [2.75, 3.05) is 12.4 Å². The summed E-state index contributed by atoms with van der Waals surface area (Å²) < 4.78 is 9.83. The Morgan fingerprint density at radius 3 is 2.80 bits per heavy atom. The van der Waals surface area contributed by atoms with Crippen LogP contribution in [0.1, 0.15) is 6.92 Å². The van der Waals surface area contributed by atoms with Gasteiger partial charge in [0.2, 0.25) is 0 Å². The number of allylic oxidation sites excluding steroid dienone is 1. The summed E-state index contributed by atoms with van der Waals surface area (Å²) in [6.45, 7) is 3.02. The molecule has 0 saturated carbocycles. The van der Waals surface area contributed by atoms with Crippen molar-refractivity contribution >= 4 is 58.8 Å². The summed E-state index contributed by atoms with van der Waals surface area (Å²) in [5.74, 6) is 1.09. The van der Waals surface area contributed by atoms with Gasteiger partial charge < -0.3 is 4.74 Å². The lowest BCUT2D eigenvalue weighted by atomic mass is 10.8. The van der Waals surface area contributed by atoms with Crippen molar-refractivity contribution in [3.63, 3.8) is 0 Å². The Balaban J connectivity index is 1.79. The minimum absolute atomic E-state index is 0.858. The van der Waals surface area contributed by atoms with Crippen LogP contribution >= 0.6 is 58.8 Å². The first-order chi connectivity index (χ1) is 7.33. The van der Waals surface area contributed by atoms with Crippen LogP contribution in [0.3, 0.4) is 0 Å². The van der Waals surface area contributed by atoms with Gasteiger partial charge in [0.15, 0.2) is 5.09 Å². The van der Waals surface area contributed by atoms with Crippen molar-refractivity contribution in [2.45, 2.75) is 6.92 Å². The van der Waals surface area contributed by atoms with Gasteiger partial charge in [0, 0.05) is 5.75 Å². The lowest BCUT2D eigenvalue weighted by molar-refractivity contribution is 0.259. The average Bonchev–Trinajstić information content (AvgIpc) is 2.82. The van der Waals surface area contributed by atoms with E-state index in [9.17, 15) is 0 Å². The second kappa shape index (κ2) is 4.56. The summed E-state index contributed by atoms with van der Waals surface area (Å²) in [7, 11) is 0. The Labute approximate surface area is 110 Å². The van der Waals surface area contributed by atoms with Crippen LogP contribution in [0.4, 0.5) is 0 Å². The van der Waals surface area contributed by atoms with Crippen LogP contribution in [-0.2, 0) is 4.74 Å². The van der Waals surface area contributed by atoms with Crippen LogP contribution in [0.5, 0.6) is 0 Å². The largest absolute Gasteiger partial charge is 0.484 e. The zero-order valence-corrected chi connectivity index (χ0v) is 12.0. The molecule has 0 N–H and O–H groups in total. The van der Waals surface area contributed by atoms with E-state index in [0.717, 1.165) is 17.5 Å². The highest BCUT2D eigenvalue weighted by Gasteiger charge is 2.29. The van der Waals surface area contributed by atoms with Crippen LogP contribution in [0, 0.1) is 0 Å². The molecule has 0 aromatic heterocycles. The molecule has 80 valence electrons. The molecule has 0 fully saturated rings. The molecule has 0 aromatic rings. The first-order valence-electron chi connectivity index (χ1n) is 4.44. The molecule has 3 rings (SSSR count). The topological polar surface area (TPSA) is 9.23 Å². The normalized spacial score (nSPS) is 30.3. The molecular formula is C9H8OS5. The van der Waals surface area contributed by atoms with Gasteiger partial charge in [-0.1, -0.05) is 35.3 Å². The van der Waals surface area contributed by atoms with E-state index < -0.39 is 0 Å². The van der Waals surface area contributed by atoms with E-state index in [1.165, 1.54) is 17.6 Å². The molecule has 0 unspecified atom stereocenters. The van der Waals surface area contributed by atoms with Gasteiger partial charge >= 0.3 is 0 Å². The molecule has 0 atom stereocenters. The van der Waals surface area contributed by atoms with Gasteiger partial charge in [0.1, 0.15) is 0 Å². The highest BCUT2D eigenvalue weighted by Crippen LogP contribution is 2.60. The van der Waals surface area contributed by atoms with E-state index in [1.807, 2.05) is 47.0 Å². The molecule has 0 saturated heterocycles. The molecule has 3 aliphatic heterocycles. The maximum absolute atomic E-state index is 5.65. The van der Waals surface area contributed by atoms with Gasteiger partial charge in [-0.15, -0.1) is 11.8 Å². The smallest absolute Gasteiger partial charge is 0.178 e. The summed E-state index contributed by atoms with van der Waals surface area (Å²) in [6, 6.07) is 0. The second-order valence-electron chi connectivity index (χ2n) is 3.00. The zero-order chi connectivity index (χ0) is 10.3. The maximum Gasteiger partial charge on any atom is 0.178 e. The quantitative estimate of drug-likeness (QED) is 0.628. The van der Waals surface area contributed by atoms with Crippen LogP contribution in [-0.4, -0.2) is 12.4 Å². The summed E-state index contributed by atoms with van der Waals surface area (Å²) >= 11 is 9.32. The molecule has 15 heavy (non-hydrogen) atoms. The van der Waals surface area contributed by atoms with Gasteiger partial charge in [0.05, 0.1) is 19.3 Å². The summed E-state index contributed by atoms with van der Waals surface area (Å²) in [6.07, 6.45) is 0. The van der Waals surface area contributed by atoms with Gasteiger partial charge in [-0.3, -0.25) is 0 Å². The molecule has 3 heterocycles. The molecule has 3 aliphatic rings. The van der Waals surface area contributed by atoms with Crippen molar-refractivity contribution < 1.29 is 4.74 Å². The number of ether oxygens (including phenoxy) is 1. The van der Waals surface area contributed by atoms with Crippen LogP contribution < -0.4 is 0 Å². The van der Waals surface area contributed by atoms with E-state index >= 15 is 0 Å². The lowest BCUT2D eigenvalue weighted by Gasteiger charge is -2.11. The van der Waals surface area contributed by atoms with Crippen LogP contribution in [0.2, 0.25) is 0 Å². The summed E-state index contributed by atoms with van der Waals surface area (Å²) in [5.41, 5.74) is 0. The fourth-order valence-electron chi connectivity index (χ4n) is 1.22. The first kappa shape index (κ1) is 10.9. The van der Waals surface area contributed by atoms with E-state index in [2.05, 4.69) is 12.3 Å². The van der Waals surface area contributed by atoms with Gasteiger partial charge in [-0.2, -0.15) is 0 Å². The van der Waals surface area contributed by atoms with Crippen molar-refractivity contribution in [2.24, 2.45) is 0 Å². The van der Waals surface area contributed by atoms with Crippen molar-refractivity contribution in [1.82, 2.24) is 0 Å². The molecule has 0 spiro atoms. The van der Waals surface area contributed by atoms with E-state index in [0.29, 0.717) is 0 Å². The molecule has 1 nitrogen and oxygen atoms in total. The molecule has 0 bridgehead atoms. The Morgan fingerprint density at radius 2 is 2.07 bits per heavy atom. The number of thioether (sulfide) groups is 5. The third-order valence-electron chi connectivity index (χ3n) is 1.84. The van der Waals surface area contributed by atoms with E-state index in [4.69, 9.17) is 4.74 Å². The fourth-order valence-corrected chi connectivity index (χ4v) is 7.56. The summed E-state index contributed by atoms with van der Waals surface area (Å²) in [5, 5.41) is 3.35. The minimum Gasteiger partial charge on any atom is -0.484 e. The number of hydrogen-bond acceptors (Lipinski definition) is 6. The zero-order valence-electron chi connectivity index (χ0n) is 7.94. The predicted octanol–water partition coefficient (Wildman–Crippen LogP) is 4.82. The lowest BCUT2D eigenvalue weighted by Crippen LogP contribution is -2.00. The Hall–Kier alpha value is 0.770. The molecule has 0 aliphatic carbocycles. The third-order valence-corrected chi connectivity index (χ3v) is 8.60. The van der Waals surface area contributed by atoms with Crippen molar-refractivity contribution in [1.29, 1.82) is 0 Å². The highest BCUT2D eigenvalue weighted by atomic mass is 32.2. The molecule has 6 heteroatoms. The first-order valence-corrected chi connectivity index (χ1v) is 8.75. The van der Waals surface area contributed by atoms with Gasteiger partial charge in [0.25, 0.3) is 0 Å². The van der Waals surface area contributed by atoms with E-state index in [-0.39, 0.29) is 0 Å². The number of rotatable bonds is 0. The SMILES string of the molecule is CC1=CS/C(=C2/SC3=C(SCCO3)S2)S1. The molecular weight excluding hydrogens is 284 g/mol. The van der Waals surface area contributed by atoms with Crippen molar-refractivity contribution in [3.05, 3.63) is 28.1 Å². The fraction of sp³-hybridized carbons (Fsp3) is 0.333. The molecule has 0 amide bonds. The highest BCUT2D eigenvalue weighted by molar-refractivity contribution is 8.38. The van der Waals surface area contributed by atoms with Crippen LogP contribution in [0.25, 0.3) is 0 Å². The Bertz CT molecular complexity index is 375. The second-order valence-corrected chi connectivity index (χ2v) is 9.02. The monoisotopic (exact) mass is 292 g/mol.